The number of aryl methyl sites for hydroxylation is 2. The molecule has 7 heteroatoms. The monoisotopic (exact) mass is 585 g/mol. The maximum atomic E-state index is 13.5. The van der Waals surface area contributed by atoms with Crippen LogP contribution in [0.5, 0.6) is 0 Å². The number of hydrogen-bond donors (Lipinski definition) is 1. The van der Waals surface area contributed by atoms with E-state index in [0.29, 0.717) is 12.1 Å². The van der Waals surface area contributed by atoms with E-state index in [1.165, 1.54) is 0 Å². The molecule has 0 bridgehead atoms. The van der Waals surface area contributed by atoms with E-state index in [4.69, 9.17) is 14.5 Å². The van der Waals surface area contributed by atoms with Crippen molar-refractivity contribution in [3.05, 3.63) is 82.7 Å². The van der Waals surface area contributed by atoms with E-state index in [-0.39, 0.29) is 17.9 Å². The van der Waals surface area contributed by atoms with Gasteiger partial charge in [-0.15, -0.1) is 0 Å². The molecule has 0 aliphatic carbocycles. The van der Waals surface area contributed by atoms with Crippen LogP contribution in [0.3, 0.4) is 0 Å². The Kier molecular flexibility index (Phi) is 9.96. The molecule has 1 aromatic heterocycles. The fourth-order valence-corrected chi connectivity index (χ4v) is 5.63. The summed E-state index contributed by atoms with van der Waals surface area (Å²) in [5, 5.41) is 3.01. The summed E-state index contributed by atoms with van der Waals surface area (Å²) >= 11 is 0. The SMILES string of the molecule is CCOC(=O)[C@@H](OC(C)(C)C)c1c(C)nc(C)c(-c2ccc(C(=O)NCc3ccccc3)cc2)c1N1CCC(C)(C)CC1. The minimum Gasteiger partial charge on any atom is -0.464 e. The Morgan fingerprint density at radius 3 is 2.19 bits per heavy atom. The third-order valence-corrected chi connectivity index (χ3v) is 7.98. The number of carbonyl (C=O) groups excluding carboxylic acids is 2. The average Bonchev–Trinajstić information content (AvgIpc) is 2.95. The normalized spacial score (nSPS) is 15.6. The van der Waals surface area contributed by atoms with E-state index in [1.54, 1.807) is 0 Å². The summed E-state index contributed by atoms with van der Waals surface area (Å²) in [5.41, 5.74) is 6.48. The van der Waals surface area contributed by atoms with Crippen LogP contribution < -0.4 is 10.2 Å². The molecule has 0 radical (unpaired) electrons. The summed E-state index contributed by atoms with van der Waals surface area (Å²) in [6.07, 6.45) is 1.12. The van der Waals surface area contributed by atoms with Gasteiger partial charge >= 0.3 is 5.97 Å². The van der Waals surface area contributed by atoms with Crippen molar-refractivity contribution >= 4 is 17.6 Å². The first-order valence-electron chi connectivity index (χ1n) is 15.3. The highest BCUT2D eigenvalue weighted by Gasteiger charge is 2.37. The first-order chi connectivity index (χ1) is 20.3. The molecule has 1 saturated heterocycles. The molecule has 1 amide bonds. The summed E-state index contributed by atoms with van der Waals surface area (Å²) in [7, 11) is 0. The first-order valence-corrected chi connectivity index (χ1v) is 15.3. The zero-order valence-electron chi connectivity index (χ0n) is 27.0. The Morgan fingerprint density at radius 2 is 1.60 bits per heavy atom. The number of benzene rings is 2. The number of anilines is 1. The molecule has 7 nitrogen and oxygen atoms in total. The number of pyridine rings is 1. The highest BCUT2D eigenvalue weighted by atomic mass is 16.6. The molecule has 1 atom stereocenters. The maximum absolute atomic E-state index is 13.5. The van der Waals surface area contributed by atoms with Crippen molar-refractivity contribution < 1.29 is 19.1 Å². The molecule has 0 spiro atoms. The van der Waals surface area contributed by atoms with Crippen LogP contribution in [0.15, 0.2) is 54.6 Å². The number of esters is 1. The maximum Gasteiger partial charge on any atom is 0.340 e. The largest absolute Gasteiger partial charge is 0.464 e. The molecule has 1 N–H and O–H groups in total. The predicted molar refractivity (Wildman–Crippen MR) is 172 cm³/mol. The number of aromatic nitrogens is 1. The molecule has 1 fully saturated rings. The van der Waals surface area contributed by atoms with Crippen LogP contribution in [0.4, 0.5) is 5.69 Å². The number of hydrogen-bond acceptors (Lipinski definition) is 6. The Balaban J connectivity index is 1.79. The summed E-state index contributed by atoms with van der Waals surface area (Å²) in [6, 6.07) is 17.5. The number of nitrogens with zero attached hydrogens (tertiary/aromatic N) is 2. The molecule has 2 aromatic carbocycles. The number of amides is 1. The van der Waals surface area contributed by atoms with Crippen LogP contribution in [-0.2, 0) is 20.8 Å². The Hall–Kier alpha value is -3.71. The van der Waals surface area contributed by atoms with Gasteiger partial charge < -0.3 is 19.7 Å². The van der Waals surface area contributed by atoms with Gasteiger partial charge in [-0.2, -0.15) is 0 Å². The number of carbonyl (C=O) groups is 2. The molecule has 1 aliphatic heterocycles. The van der Waals surface area contributed by atoms with Gasteiger partial charge in [0.1, 0.15) is 0 Å². The third-order valence-electron chi connectivity index (χ3n) is 7.98. The van der Waals surface area contributed by atoms with Crippen molar-refractivity contribution in [2.45, 2.75) is 86.5 Å². The van der Waals surface area contributed by atoms with Crippen molar-refractivity contribution in [3.8, 4) is 11.1 Å². The van der Waals surface area contributed by atoms with Crippen LogP contribution in [0, 0.1) is 19.3 Å². The van der Waals surface area contributed by atoms with Gasteiger partial charge in [0.05, 0.1) is 17.9 Å². The second-order valence-electron chi connectivity index (χ2n) is 13.2. The molecule has 4 rings (SSSR count). The summed E-state index contributed by atoms with van der Waals surface area (Å²) in [6.45, 7) is 18.6. The van der Waals surface area contributed by atoms with Crippen molar-refractivity contribution in [2.24, 2.45) is 5.41 Å². The molecule has 1 aliphatic rings. The van der Waals surface area contributed by atoms with E-state index in [2.05, 4.69) is 24.1 Å². The average molecular weight is 586 g/mol. The van der Waals surface area contributed by atoms with Gasteiger partial charge in [-0.3, -0.25) is 9.78 Å². The van der Waals surface area contributed by atoms with E-state index >= 15 is 0 Å². The lowest BCUT2D eigenvalue weighted by molar-refractivity contribution is -0.166. The van der Waals surface area contributed by atoms with Gasteiger partial charge in [0.2, 0.25) is 0 Å². The van der Waals surface area contributed by atoms with Crippen molar-refractivity contribution in [1.82, 2.24) is 10.3 Å². The molecule has 0 saturated carbocycles. The minimum atomic E-state index is -0.931. The molecule has 43 heavy (non-hydrogen) atoms. The number of nitrogens with one attached hydrogen (secondary N) is 1. The van der Waals surface area contributed by atoms with Crippen LogP contribution >= 0.6 is 0 Å². The van der Waals surface area contributed by atoms with Crippen LogP contribution in [-0.4, -0.2) is 42.2 Å². The topological polar surface area (TPSA) is 80.8 Å². The van der Waals surface area contributed by atoms with Crippen LogP contribution in [0.25, 0.3) is 11.1 Å². The summed E-state index contributed by atoms with van der Waals surface area (Å²) in [5.74, 6) is -0.546. The fraction of sp³-hybridized carbons (Fsp3) is 0.472. The van der Waals surface area contributed by atoms with E-state index in [1.807, 2.05) is 96.1 Å². The van der Waals surface area contributed by atoms with Gasteiger partial charge in [0.15, 0.2) is 6.10 Å². The highest BCUT2D eigenvalue weighted by Crippen LogP contribution is 2.45. The van der Waals surface area contributed by atoms with E-state index in [9.17, 15) is 9.59 Å². The zero-order valence-corrected chi connectivity index (χ0v) is 27.0. The van der Waals surface area contributed by atoms with Gasteiger partial charge in [0.25, 0.3) is 5.91 Å². The predicted octanol–water partition coefficient (Wildman–Crippen LogP) is 7.34. The van der Waals surface area contributed by atoms with E-state index < -0.39 is 17.7 Å². The quantitative estimate of drug-likeness (QED) is 0.265. The third kappa shape index (κ3) is 8.02. The number of piperidine rings is 1. The Labute approximate surface area is 257 Å². The lowest BCUT2D eigenvalue weighted by atomic mass is 9.81. The van der Waals surface area contributed by atoms with Gasteiger partial charge in [0, 0.05) is 47.7 Å². The van der Waals surface area contributed by atoms with Gasteiger partial charge in [-0.1, -0.05) is 56.3 Å². The standard InChI is InChI=1S/C36H47N3O4/c1-9-42-34(41)32(43-35(4,5)6)30-25(3)38-24(2)29(31(30)39-21-19-36(7,8)20-22-39)27-15-17-28(18-16-27)33(40)37-23-26-13-11-10-12-14-26/h10-18,32H,9,19-23H2,1-8H3,(H,37,40)/t32-/m0/s1. The zero-order chi connectivity index (χ0) is 31.4. The molecule has 2 heterocycles. The second kappa shape index (κ2) is 13.3. The first kappa shape index (κ1) is 32.2. The molecule has 230 valence electrons. The molecule has 0 unspecified atom stereocenters. The highest BCUT2D eigenvalue weighted by molar-refractivity contribution is 5.95. The summed E-state index contributed by atoms with van der Waals surface area (Å²) < 4.78 is 12.0. The number of rotatable bonds is 9. The van der Waals surface area contributed by atoms with Crippen molar-refractivity contribution in [3.63, 3.8) is 0 Å². The van der Waals surface area contributed by atoms with Crippen molar-refractivity contribution in [1.29, 1.82) is 0 Å². The Bertz CT molecular complexity index is 1420. The van der Waals surface area contributed by atoms with Crippen LogP contribution in [0.2, 0.25) is 0 Å². The Morgan fingerprint density at radius 1 is 0.977 bits per heavy atom. The van der Waals surface area contributed by atoms with E-state index in [0.717, 1.165) is 65.3 Å². The lowest BCUT2D eigenvalue weighted by Gasteiger charge is -2.41. The molecule has 3 aromatic rings. The summed E-state index contributed by atoms with van der Waals surface area (Å²) in [4.78, 5) is 33.8. The lowest BCUT2D eigenvalue weighted by Crippen LogP contribution is -2.39. The van der Waals surface area contributed by atoms with Gasteiger partial charge in [-0.25, -0.2) is 4.79 Å². The minimum absolute atomic E-state index is 0.130. The molecular formula is C36H47N3O4. The second-order valence-corrected chi connectivity index (χ2v) is 13.2. The smallest absolute Gasteiger partial charge is 0.340 e. The number of ether oxygens (including phenoxy) is 2. The van der Waals surface area contributed by atoms with Crippen LogP contribution in [0.1, 0.15) is 93.4 Å². The van der Waals surface area contributed by atoms with Crippen molar-refractivity contribution in [2.75, 3.05) is 24.6 Å². The van der Waals surface area contributed by atoms with Gasteiger partial charge in [-0.05, 0) is 83.1 Å². The molecular weight excluding hydrogens is 538 g/mol. The fourth-order valence-electron chi connectivity index (χ4n) is 5.63.